The number of carbonyl (C=O) groups is 3. The predicted octanol–water partition coefficient (Wildman–Crippen LogP) is 3.12. The molecule has 2 rings (SSSR count). The first-order chi connectivity index (χ1) is 11.6. The van der Waals surface area contributed by atoms with Crippen LogP contribution < -0.4 is 0 Å². The van der Waals surface area contributed by atoms with Crippen LogP contribution in [0.4, 0.5) is 0 Å². The van der Waals surface area contributed by atoms with Crippen molar-refractivity contribution in [1.29, 1.82) is 0 Å². The lowest BCUT2D eigenvalue weighted by atomic mass is 10.1. The van der Waals surface area contributed by atoms with E-state index < -0.39 is 17.8 Å². The molecule has 1 aromatic rings. The van der Waals surface area contributed by atoms with Gasteiger partial charge in [0.1, 0.15) is 6.61 Å². The second kappa shape index (κ2) is 9.17. The number of unbranched alkanes of at least 4 members (excludes halogenated alkanes) is 5. The highest BCUT2D eigenvalue weighted by atomic mass is 16.7. The molecule has 6 nitrogen and oxygen atoms in total. The molecule has 1 aromatic carbocycles. The van der Waals surface area contributed by atoms with Crippen molar-refractivity contribution in [3.63, 3.8) is 0 Å². The highest BCUT2D eigenvalue weighted by Gasteiger charge is 2.38. The number of nitrogens with zero attached hydrogens (tertiary/aromatic N) is 1. The lowest BCUT2D eigenvalue weighted by Gasteiger charge is -2.12. The first-order valence-electron chi connectivity index (χ1n) is 8.41. The average Bonchev–Trinajstić information content (AvgIpc) is 2.83. The molecule has 0 fully saturated rings. The van der Waals surface area contributed by atoms with Gasteiger partial charge in [-0.1, -0.05) is 56.2 Å². The molecule has 0 radical (unpaired) electrons. The van der Waals surface area contributed by atoms with E-state index in [9.17, 15) is 14.4 Å². The minimum absolute atomic E-state index is 0.239. The summed E-state index contributed by atoms with van der Waals surface area (Å²) in [5.74, 6) is -2.00. The van der Waals surface area contributed by atoms with Crippen molar-refractivity contribution < 1.29 is 24.0 Å². The van der Waals surface area contributed by atoms with E-state index in [-0.39, 0.29) is 17.7 Å². The summed E-state index contributed by atoms with van der Waals surface area (Å²) in [5.41, 5.74) is 0.478. The number of rotatable bonds is 10. The van der Waals surface area contributed by atoms with Gasteiger partial charge in [-0.3, -0.25) is 9.59 Å². The SMILES string of the molecule is CCCCCCCCOCC(=O)ON1C(=O)c2ccccc2C1=O. The second-order valence-electron chi connectivity index (χ2n) is 5.73. The van der Waals surface area contributed by atoms with Gasteiger partial charge >= 0.3 is 5.97 Å². The Kier molecular flexibility index (Phi) is 6.93. The number of imide groups is 1. The molecule has 1 heterocycles. The number of fused-ring (bicyclic) bond motifs is 1. The van der Waals surface area contributed by atoms with Crippen LogP contribution in [0.3, 0.4) is 0 Å². The number of ether oxygens (including phenoxy) is 1. The fourth-order valence-electron chi connectivity index (χ4n) is 2.52. The Bertz CT molecular complexity index is 564. The zero-order valence-corrected chi connectivity index (χ0v) is 14.0. The fraction of sp³-hybridized carbons (Fsp3) is 0.500. The normalized spacial score (nSPS) is 13.3. The Balaban J connectivity index is 1.67. The summed E-state index contributed by atoms with van der Waals surface area (Å²) in [6.07, 6.45) is 6.78. The summed E-state index contributed by atoms with van der Waals surface area (Å²) in [6.45, 7) is 2.36. The maximum absolute atomic E-state index is 12.0. The van der Waals surface area contributed by atoms with Crippen LogP contribution in [0.25, 0.3) is 0 Å². The van der Waals surface area contributed by atoms with Crippen LogP contribution in [0.1, 0.15) is 66.2 Å². The Morgan fingerprint density at radius 1 is 0.958 bits per heavy atom. The number of hydrogen-bond acceptors (Lipinski definition) is 5. The van der Waals surface area contributed by atoms with Gasteiger partial charge in [0.05, 0.1) is 11.1 Å². The van der Waals surface area contributed by atoms with Crippen LogP contribution in [0.5, 0.6) is 0 Å². The molecule has 0 saturated heterocycles. The molecule has 24 heavy (non-hydrogen) atoms. The van der Waals surface area contributed by atoms with Gasteiger partial charge in [0, 0.05) is 6.61 Å². The van der Waals surface area contributed by atoms with E-state index in [0.717, 1.165) is 19.3 Å². The summed E-state index contributed by atoms with van der Waals surface area (Å²) in [5, 5.41) is 0.501. The van der Waals surface area contributed by atoms with Crippen LogP contribution in [-0.2, 0) is 14.4 Å². The molecule has 0 N–H and O–H groups in total. The number of benzene rings is 1. The fourth-order valence-corrected chi connectivity index (χ4v) is 2.52. The van der Waals surface area contributed by atoms with Crippen molar-refractivity contribution in [3.8, 4) is 0 Å². The summed E-state index contributed by atoms with van der Waals surface area (Å²) in [6, 6.07) is 6.36. The predicted molar refractivity (Wildman–Crippen MR) is 87.2 cm³/mol. The number of carbonyl (C=O) groups excluding carboxylic acids is 3. The molecule has 0 atom stereocenters. The minimum Gasteiger partial charge on any atom is -0.370 e. The van der Waals surface area contributed by atoms with Gasteiger partial charge < -0.3 is 9.57 Å². The lowest BCUT2D eigenvalue weighted by molar-refractivity contribution is -0.173. The van der Waals surface area contributed by atoms with Crippen LogP contribution >= 0.6 is 0 Å². The first-order valence-corrected chi connectivity index (χ1v) is 8.41. The smallest absolute Gasteiger partial charge is 0.358 e. The first kappa shape index (κ1) is 18.1. The standard InChI is InChI=1S/C18H23NO5/c1-2-3-4-5-6-9-12-23-13-16(20)24-19-17(21)14-10-7-8-11-15(14)18(19)22/h7-8,10-11H,2-6,9,12-13H2,1H3. The van der Waals surface area contributed by atoms with Crippen molar-refractivity contribution in [1.82, 2.24) is 5.06 Å². The number of hydroxylamine groups is 2. The zero-order valence-electron chi connectivity index (χ0n) is 14.0. The zero-order chi connectivity index (χ0) is 17.4. The van der Waals surface area contributed by atoms with Crippen LogP contribution in [0.2, 0.25) is 0 Å². The van der Waals surface area contributed by atoms with Crippen molar-refractivity contribution in [2.24, 2.45) is 0 Å². The van der Waals surface area contributed by atoms with Crippen molar-refractivity contribution >= 4 is 17.8 Å². The molecule has 0 saturated carbocycles. The molecular weight excluding hydrogens is 310 g/mol. The molecule has 2 amide bonds. The minimum atomic E-state index is -0.754. The van der Waals surface area contributed by atoms with Crippen molar-refractivity contribution in [2.45, 2.75) is 45.4 Å². The van der Waals surface area contributed by atoms with Crippen molar-refractivity contribution in [2.75, 3.05) is 13.2 Å². The molecule has 1 aliphatic heterocycles. The molecular formula is C18H23NO5. The quantitative estimate of drug-likeness (QED) is 0.486. The molecule has 1 aliphatic rings. The van der Waals surface area contributed by atoms with Crippen LogP contribution in [-0.4, -0.2) is 36.1 Å². The van der Waals surface area contributed by atoms with Crippen molar-refractivity contribution in [3.05, 3.63) is 35.4 Å². The van der Waals surface area contributed by atoms with Gasteiger partial charge in [0.15, 0.2) is 0 Å². The maximum atomic E-state index is 12.0. The van der Waals surface area contributed by atoms with Gasteiger partial charge in [-0.15, -0.1) is 0 Å². The molecule has 0 aliphatic carbocycles. The summed E-state index contributed by atoms with van der Waals surface area (Å²) in [7, 11) is 0. The Morgan fingerprint density at radius 2 is 1.54 bits per heavy atom. The molecule has 6 heteroatoms. The molecule has 130 valence electrons. The molecule has 0 bridgehead atoms. The van der Waals surface area contributed by atoms with Gasteiger partial charge in [-0.25, -0.2) is 4.79 Å². The van der Waals surface area contributed by atoms with E-state index in [1.54, 1.807) is 12.1 Å². The average molecular weight is 333 g/mol. The highest BCUT2D eigenvalue weighted by Crippen LogP contribution is 2.22. The topological polar surface area (TPSA) is 72.9 Å². The van der Waals surface area contributed by atoms with E-state index in [0.29, 0.717) is 11.7 Å². The summed E-state index contributed by atoms with van der Waals surface area (Å²) < 4.78 is 5.24. The third kappa shape index (κ3) is 4.64. The third-order valence-electron chi connectivity index (χ3n) is 3.81. The van der Waals surface area contributed by atoms with E-state index >= 15 is 0 Å². The largest absolute Gasteiger partial charge is 0.370 e. The molecule has 0 unspecified atom stereocenters. The molecule has 0 spiro atoms. The number of amides is 2. The van der Waals surface area contributed by atoms with Gasteiger partial charge in [-0.2, -0.15) is 0 Å². The van der Waals surface area contributed by atoms with E-state index in [1.165, 1.54) is 31.4 Å². The Labute approximate surface area is 141 Å². The molecule has 0 aromatic heterocycles. The van der Waals surface area contributed by atoms with Gasteiger partial charge in [0.25, 0.3) is 11.8 Å². The highest BCUT2D eigenvalue weighted by molar-refractivity contribution is 6.20. The van der Waals surface area contributed by atoms with Gasteiger partial charge in [0.2, 0.25) is 0 Å². The summed E-state index contributed by atoms with van der Waals surface area (Å²) in [4.78, 5) is 40.6. The summed E-state index contributed by atoms with van der Waals surface area (Å²) >= 11 is 0. The second-order valence-corrected chi connectivity index (χ2v) is 5.73. The van der Waals surface area contributed by atoms with Crippen LogP contribution in [0, 0.1) is 0 Å². The van der Waals surface area contributed by atoms with E-state index in [4.69, 9.17) is 9.57 Å². The van der Waals surface area contributed by atoms with E-state index in [2.05, 4.69) is 6.92 Å². The van der Waals surface area contributed by atoms with Gasteiger partial charge in [-0.05, 0) is 18.6 Å². The third-order valence-corrected chi connectivity index (χ3v) is 3.81. The van der Waals surface area contributed by atoms with Crippen LogP contribution in [0.15, 0.2) is 24.3 Å². The Hall–Kier alpha value is -2.21. The lowest BCUT2D eigenvalue weighted by Crippen LogP contribution is -2.34. The maximum Gasteiger partial charge on any atom is 0.358 e. The monoisotopic (exact) mass is 333 g/mol. The van der Waals surface area contributed by atoms with E-state index in [1.807, 2.05) is 0 Å². The number of hydrogen-bond donors (Lipinski definition) is 0. The Morgan fingerprint density at radius 3 is 2.17 bits per heavy atom.